The average molecular weight is 341 g/mol. The minimum absolute atomic E-state index is 0. The van der Waals surface area contributed by atoms with E-state index in [-0.39, 0.29) is 23.1 Å². The number of phenolic OH excluding ortho intramolecular Hbond substituents is 1. The van der Waals surface area contributed by atoms with Gasteiger partial charge < -0.3 is 5.11 Å². The van der Waals surface area contributed by atoms with Gasteiger partial charge in [0, 0.05) is 22.2 Å². The van der Waals surface area contributed by atoms with Crippen LogP contribution in [-0.4, -0.2) is 27.5 Å². The molecule has 4 aromatic rings. The lowest BCUT2D eigenvalue weighted by Crippen LogP contribution is -1.89. The van der Waals surface area contributed by atoms with Crippen LogP contribution in [0.3, 0.4) is 0 Å². The van der Waals surface area contributed by atoms with Gasteiger partial charge in [0.15, 0.2) is 17.4 Å². The molecule has 0 aliphatic heterocycles. The van der Waals surface area contributed by atoms with E-state index in [1.807, 2.05) is 61.5 Å². The molecule has 25 heavy (non-hydrogen) atoms. The standard InChI is InChI=1S/C22H17NO.Al.3H/c1-15-10-11-17-8-5-9-19(22(17)23-15)20-14-18(12-13-21(20)24)16-6-3-2-4-7-16;;;;/h2-14,24H,1H3;;;;. The van der Waals surface area contributed by atoms with Gasteiger partial charge in [0.05, 0.1) is 5.52 Å². The molecule has 1 heterocycles. The van der Waals surface area contributed by atoms with Crippen molar-refractivity contribution in [1.29, 1.82) is 0 Å². The predicted octanol–water partition coefficient (Wildman–Crippen LogP) is 4.40. The topological polar surface area (TPSA) is 33.1 Å². The fraction of sp³-hybridized carbons (Fsp3) is 0.0455. The zero-order chi connectivity index (χ0) is 16.5. The van der Waals surface area contributed by atoms with Gasteiger partial charge in [-0.3, -0.25) is 4.98 Å². The number of rotatable bonds is 2. The molecule has 0 spiro atoms. The Hall–Kier alpha value is -2.60. The van der Waals surface area contributed by atoms with E-state index < -0.39 is 0 Å². The minimum atomic E-state index is 0. The molecule has 122 valence electrons. The summed E-state index contributed by atoms with van der Waals surface area (Å²) < 4.78 is 0. The summed E-state index contributed by atoms with van der Waals surface area (Å²) in [6.07, 6.45) is 0. The van der Waals surface area contributed by atoms with E-state index in [1.54, 1.807) is 6.07 Å². The Morgan fingerprint density at radius 3 is 2.32 bits per heavy atom. The lowest BCUT2D eigenvalue weighted by Gasteiger charge is -2.11. The summed E-state index contributed by atoms with van der Waals surface area (Å²) in [5, 5.41) is 11.5. The summed E-state index contributed by atoms with van der Waals surface area (Å²) in [5.74, 6) is 0.269. The average Bonchev–Trinajstić information content (AvgIpc) is 2.62. The van der Waals surface area contributed by atoms with Crippen molar-refractivity contribution < 1.29 is 5.11 Å². The summed E-state index contributed by atoms with van der Waals surface area (Å²) in [4.78, 5) is 4.68. The van der Waals surface area contributed by atoms with Gasteiger partial charge in [-0.25, -0.2) is 0 Å². The third-order valence-corrected chi connectivity index (χ3v) is 4.25. The third kappa shape index (κ3) is 3.30. The van der Waals surface area contributed by atoms with Gasteiger partial charge in [0.2, 0.25) is 0 Å². The highest BCUT2D eigenvalue weighted by Gasteiger charge is 2.11. The maximum absolute atomic E-state index is 10.4. The zero-order valence-corrected chi connectivity index (χ0v) is 13.4. The summed E-state index contributed by atoms with van der Waals surface area (Å²) in [6, 6.07) is 26.0. The highest BCUT2D eigenvalue weighted by Crippen LogP contribution is 2.36. The smallest absolute Gasteiger partial charge is 0.187 e. The maximum atomic E-state index is 10.4. The second-order valence-corrected chi connectivity index (χ2v) is 5.93. The number of hydrogen-bond donors (Lipinski definition) is 1. The number of pyridine rings is 1. The molecule has 1 N–H and O–H groups in total. The fourth-order valence-electron chi connectivity index (χ4n) is 3.02. The number of para-hydroxylation sites is 1. The van der Waals surface area contributed by atoms with Gasteiger partial charge in [-0.05, 0) is 36.2 Å². The van der Waals surface area contributed by atoms with Gasteiger partial charge in [-0.1, -0.05) is 60.7 Å². The summed E-state index contributed by atoms with van der Waals surface area (Å²) in [5.41, 5.74) is 5.84. The van der Waals surface area contributed by atoms with Gasteiger partial charge in [-0.2, -0.15) is 0 Å². The molecule has 0 atom stereocenters. The molecule has 3 heteroatoms. The van der Waals surface area contributed by atoms with Crippen LogP contribution in [0.15, 0.2) is 78.9 Å². The molecule has 4 rings (SSSR count). The van der Waals surface area contributed by atoms with Crippen LogP contribution in [0.2, 0.25) is 0 Å². The van der Waals surface area contributed by atoms with E-state index in [0.717, 1.165) is 38.9 Å². The molecule has 0 radical (unpaired) electrons. The number of phenols is 1. The molecule has 1 aromatic heterocycles. The van der Waals surface area contributed by atoms with Crippen LogP contribution in [0, 0.1) is 6.92 Å². The quantitative estimate of drug-likeness (QED) is 0.548. The lowest BCUT2D eigenvalue weighted by molar-refractivity contribution is 0.477. The van der Waals surface area contributed by atoms with E-state index >= 15 is 0 Å². The van der Waals surface area contributed by atoms with Crippen molar-refractivity contribution in [2.45, 2.75) is 6.92 Å². The molecule has 3 aromatic carbocycles. The number of aromatic nitrogens is 1. The Balaban J connectivity index is 0.00000182. The number of nitrogens with zero attached hydrogens (tertiary/aromatic N) is 1. The lowest BCUT2D eigenvalue weighted by atomic mass is 9.96. The first-order valence-electron chi connectivity index (χ1n) is 7.97. The molecule has 0 unspecified atom stereocenters. The summed E-state index contributed by atoms with van der Waals surface area (Å²) in [6.45, 7) is 1.98. The van der Waals surface area contributed by atoms with E-state index in [2.05, 4.69) is 23.2 Å². The molecule has 0 saturated heterocycles. The van der Waals surface area contributed by atoms with Gasteiger partial charge >= 0.3 is 0 Å². The zero-order valence-electron chi connectivity index (χ0n) is 13.4. The largest absolute Gasteiger partial charge is 0.507 e. The Morgan fingerprint density at radius 2 is 1.52 bits per heavy atom. The second kappa shape index (κ2) is 7.11. The monoisotopic (exact) mass is 341 g/mol. The van der Waals surface area contributed by atoms with Gasteiger partial charge in [0.25, 0.3) is 0 Å². The number of benzene rings is 3. The van der Waals surface area contributed by atoms with Crippen LogP contribution < -0.4 is 0 Å². The van der Waals surface area contributed by atoms with Crippen LogP contribution in [0.4, 0.5) is 0 Å². The third-order valence-electron chi connectivity index (χ3n) is 4.25. The molecule has 2 nitrogen and oxygen atoms in total. The number of hydrogen-bond acceptors (Lipinski definition) is 2. The van der Waals surface area contributed by atoms with Crippen LogP contribution in [0.5, 0.6) is 5.75 Å². The van der Waals surface area contributed by atoms with Crippen molar-refractivity contribution in [2.24, 2.45) is 0 Å². The van der Waals surface area contributed by atoms with Crippen LogP contribution in [-0.2, 0) is 0 Å². The number of fused-ring (bicyclic) bond motifs is 1. The van der Waals surface area contributed by atoms with Gasteiger partial charge in [-0.15, -0.1) is 0 Å². The molecule has 0 aliphatic rings. The highest BCUT2D eigenvalue weighted by atomic mass is 27.0. The minimum Gasteiger partial charge on any atom is -0.507 e. The normalized spacial score (nSPS) is 10.4. The fourth-order valence-corrected chi connectivity index (χ4v) is 3.02. The first-order valence-corrected chi connectivity index (χ1v) is 7.97. The highest BCUT2D eigenvalue weighted by molar-refractivity contribution is 5.96. The number of aryl methyl sites for hydroxylation is 1. The van der Waals surface area contributed by atoms with Crippen molar-refractivity contribution >= 4 is 28.3 Å². The molecule has 0 amide bonds. The maximum Gasteiger partial charge on any atom is 0.187 e. The summed E-state index contributed by atoms with van der Waals surface area (Å²) in [7, 11) is 0. The van der Waals surface area contributed by atoms with E-state index in [0.29, 0.717) is 0 Å². The van der Waals surface area contributed by atoms with Crippen molar-refractivity contribution in [3.8, 4) is 28.0 Å². The predicted molar refractivity (Wildman–Crippen MR) is 109 cm³/mol. The number of aromatic hydroxyl groups is 1. The molecular weight excluding hydrogens is 321 g/mol. The van der Waals surface area contributed by atoms with Crippen molar-refractivity contribution in [1.82, 2.24) is 4.98 Å². The van der Waals surface area contributed by atoms with E-state index in [9.17, 15) is 5.11 Å². The first kappa shape index (κ1) is 17.2. The van der Waals surface area contributed by atoms with Crippen LogP contribution in [0.25, 0.3) is 33.2 Å². The van der Waals surface area contributed by atoms with E-state index in [4.69, 9.17) is 0 Å². The molecule has 0 saturated carbocycles. The van der Waals surface area contributed by atoms with Gasteiger partial charge in [0.1, 0.15) is 5.75 Å². The molecule has 0 fully saturated rings. The molecule has 0 bridgehead atoms. The molecule has 0 aliphatic carbocycles. The van der Waals surface area contributed by atoms with Crippen LogP contribution >= 0.6 is 0 Å². The van der Waals surface area contributed by atoms with E-state index in [1.165, 1.54) is 0 Å². The SMILES string of the molecule is Cc1ccc2cccc(-c3cc(-c4ccccc4)ccc3O)c2n1.[AlH3]. The Kier molecular flexibility index (Phi) is 4.90. The second-order valence-electron chi connectivity index (χ2n) is 5.93. The van der Waals surface area contributed by atoms with Crippen molar-refractivity contribution in [2.75, 3.05) is 0 Å². The van der Waals surface area contributed by atoms with Crippen molar-refractivity contribution in [3.05, 3.63) is 84.6 Å². The summed E-state index contributed by atoms with van der Waals surface area (Å²) >= 11 is 0. The first-order chi connectivity index (χ1) is 11.7. The molecular formula is C22H20AlNO. The Labute approximate surface area is 157 Å². The Morgan fingerprint density at radius 1 is 0.720 bits per heavy atom. The Bertz CT molecular complexity index is 1030. The van der Waals surface area contributed by atoms with Crippen molar-refractivity contribution in [3.63, 3.8) is 0 Å². The van der Waals surface area contributed by atoms with Crippen LogP contribution in [0.1, 0.15) is 5.69 Å².